The van der Waals surface area contributed by atoms with E-state index in [4.69, 9.17) is 28.9 Å². The fraction of sp³-hybridized carbons (Fsp3) is 0.429. The molecule has 0 aromatic carbocycles. The number of alkyl halides is 4. The molecule has 74 valence electrons. The van der Waals surface area contributed by atoms with Crippen molar-refractivity contribution in [3.63, 3.8) is 0 Å². The predicted molar refractivity (Wildman–Crippen MR) is 45.7 cm³/mol. The number of rotatable bonds is 0. The van der Waals surface area contributed by atoms with Crippen LogP contribution in [0.1, 0.15) is 0 Å². The first-order chi connectivity index (χ1) is 5.79. The van der Waals surface area contributed by atoms with E-state index in [2.05, 4.69) is 0 Å². The molecule has 0 aromatic heterocycles. The second-order valence-electron chi connectivity index (χ2n) is 2.65. The van der Waals surface area contributed by atoms with Crippen molar-refractivity contribution in [1.82, 2.24) is 0 Å². The lowest BCUT2D eigenvalue weighted by Crippen LogP contribution is -2.53. The lowest BCUT2D eigenvalue weighted by Gasteiger charge is -2.33. The Bertz CT molecular complexity index is 271. The van der Waals surface area contributed by atoms with Crippen molar-refractivity contribution < 1.29 is 13.2 Å². The molecule has 2 atom stereocenters. The minimum atomic E-state index is -4.61. The molecule has 0 aromatic rings. The third kappa shape index (κ3) is 1.71. The highest BCUT2D eigenvalue weighted by molar-refractivity contribution is 6.33. The summed E-state index contributed by atoms with van der Waals surface area (Å²) in [6.07, 6.45) is -1.38. The van der Waals surface area contributed by atoms with Gasteiger partial charge in [-0.2, -0.15) is 13.2 Å². The molecule has 1 rings (SSSR count). The van der Waals surface area contributed by atoms with Gasteiger partial charge in [0.1, 0.15) is 0 Å². The molecule has 2 N–H and O–H groups in total. The van der Waals surface area contributed by atoms with Gasteiger partial charge in [0.2, 0.25) is 0 Å². The highest BCUT2D eigenvalue weighted by Crippen LogP contribution is 2.43. The summed E-state index contributed by atoms with van der Waals surface area (Å²) in [5.74, 6) is 0. The first-order valence-electron chi connectivity index (χ1n) is 3.35. The minimum Gasteiger partial charge on any atom is -0.321 e. The Hall–Kier alpha value is -0.190. The SMILES string of the molecule is NC1C(Cl)=CC=CC1(Cl)C(F)(F)F. The van der Waals surface area contributed by atoms with Crippen LogP contribution in [0.4, 0.5) is 13.2 Å². The number of hydrogen-bond donors (Lipinski definition) is 1. The molecule has 13 heavy (non-hydrogen) atoms. The van der Waals surface area contributed by atoms with Crippen molar-refractivity contribution in [2.24, 2.45) is 5.73 Å². The van der Waals surface area contributed by atoms with E-state index in [-0.39, 0.29) is 5.03 Å². The van der Waals surface area contributed by atoms with Gasteiger partial charge in [0.25, 0.3) is 0 Å². The van der Waals surface area contributed by atoms with Gasteiger partial charge in [-0.1, -0.05) is 23.8 Å². The van der Waals surface area contributed by atoms with Crippen LogP contribution in [0.5, 0.6) is 0 Å². The van der Waals surface area contributed by atoms with E-state index in [0.29, 0.717) is 0 Å². The highest BCUT2D eigenvalue weighted by atomic mass is 35.5. The molecule has 0 fully saturated rings. The summed E-state index contributed by atoms with van der Waals surface area (Å²) < 4.78 is 37.2. The summed E-state index contributed by atoms with van der Waals surface area (Å²) in [6.45, 7) is 0. The summed E-state index contributed by atoms with van der Waals surface area (Å²) in [7, 11) is 0. The van der Waals surface area contributed by atoms with Crippen LogP contribution in [0.3, 0.4) is 0 Å². The van der Waals surface area contributed by atoms with Gasteiger partial charge in [0.05, 0.1) is 6.04 Å². The molecule has 0 spiro atoms. The first-order valence-corrected chi connectivity index (χ1v) is 4.11. The Morgan fingerprint density at radius 1 is 1.46 bits per heavy atom. The molecule has 6 heteroatoms. The molecule has 0 radical (unpaired) electrons. The van der Waals surface area contributed by atoms with Crippen LogP contribution >= 0.6 is 23.2 Å². The van der Waals surface area contributed by atoms with E-state index in [1.54, 1.807) is 0 Å². The van der Waals surface area contributed by atoms with Gasteiger partial charge in [0.15, 0.2) is 4.87 Å². The monoisotopic (exact) mass is 231 g/mol. The second kappa shape index (κ2) is 3.19. The molecule has 0 amide bonds. The van der Waals surface area contributed by atoms with Crippen LogP contribution < -0.4 is 5.73 Å². The van der Waals surface area contributed by atoms with E-state index >= 15 is 0 Å². The maximum Gasteiger partial charge on any atom is 0.413 e. The Kier molecular flexibility index (Phi) is 2.67. The standard InChI is InChI=1S/C7H6Cl2F3N/c8-4-2-1-3-6(9,5(4)13)7(10,11)12/h1-3,5H,13H2. The topological polar surface area (TPSA) is 26.0 Å². The molecule has 0 bridgehead atoms. The lowest BCUT2D eigenvalue weighted by atomic mass is 9.94. The van der Waals surface area contributed by atoms with Crippen LogP contribution in [0, 0.1) is 0 Å². The molecular weight excluding hydrogens is 226 g/mol. The van der Waals surface area contributed by atoms with Crippen molar-refractivity contribution in [3.05, 3.63) is 23.3 Å². The number of halogens is 5. The van der Waals surface area contributed by atoms with Crippen molar-refractivity contribution in [2.45, 2.75) is 17.1 Å². The first kappa shape index (κ1) is 10.9. The summed E-state index contributed by atoms with van der Waals surface area (Å²) in [5, 5.41) is -0.102. The normalized spacial score (nSPS) is 34.6. The summed E-state index contributed by atoms with van der Waals surface area (Å²) in [4.78, 5) is -2.58. The van der Waals surface area contributed by atoms with Gasteiger partial charge in [0, 0.05) is 5.03 Å². The Morgan fingerprint density at radius 3 is 2.38 bits per heavy atom. The Morgan fingerprint density at radius 2 is 2.00 bits per heavy atom. The van der Waals surface area contributed by atoms with Gasteiger partial charge < -0.3 is 5.73 Å². The van der Waals surface area contributed by atoms with Crippen LogP contribution in [0.25, 0.3) is 0 Å². The smallest absolute Gasteiger partial charge is 0.321 e. The third-order valence-corrected chi connectivity index (χ3v) is 2.71. The second-order valence-corrected chi connectivity index (χ2v) is 3.72. The molecule has 2 unspecified atom stereocenters. The molecule has 0 heterocycles. The summed E-state index contributed by atoms with van der Waals surface area (Å²) >= 11 is 10.8. The molecule has 0 saturated heterocycles. The van der Waals surface area contributed by atoms with Crippen molar-refractivity contribution in [2.75, 3.05) is 0 Å². The Balaban J connectivity index is 3.07. The van der Waals surface area contributed by atoms with E-state index in [1.165, 1.54) is 6.08 Å². The molecule has 0 saturated carbocycles. The molecule has 0 aliphatic heterocycles. The van der Waals surface area contributed by atoms with E-state index in [0.717, 1.165) is 12.2 Å². The van der Waals surface area contributed by atoms with Gasteiger partial charge in [-0.25, -0.2) is 0 Å². The molecule has 1 aliphatic carbocycles. The number of allylic oxidation sites excluding steroid dienone is 2. The molecule has 1 nitrogen and oxygen atoms in total. The van der Waals surface area contributed by atoms with E-state index < -0.39 is 17.1 Å². The fourth-order valence-corrected chi connectivity index (χ4v) is 1.45. The quantitative estimate of drug-likeness (QED) is 0.638. The van der Waals surface area contributed by atoms with Crippen molar-refractivity contribution in [1.29, 1.82) is 0 Å². The zero-order chi connectivity index (χ0) is 10.3. The van der Waals surface area contributed by atoms with Gasteiger partial charge in [-0.05, 0) is 6.08 Å². The Labute approximate surface area is 83.0 Å². The summed E-state index contributed by atoms with van der Waals surface area (Å²) in [5.41, 5.74) is 5.24. The zero-order valence-electron chi connectivity index (χ0n) is 6.28. The fourth-order valence-electron chi connectivity index (χ4n) is 0.959. The van der Waals surface area contributed by atoms with Crippen molar-refractivity contribution in [3.8, 4) is 0 Å². The maximum atomic E-state index is 12.4. The number of hydrogen-bond acceptors (Lipinski definition) is 1. The van der Waals surface area contributed by atoms with E-state index in [9.17, 15) is 13.2 Å². The van der Waals surface area contributed by atoms with Crippen LogP contribution in [-0.2, 0) is 0 Å². The lowest BCUT2D eigenvalue weighted by molar-refractivity contribution is -0.152. The molecular formula is C7H6Cl2F3N. The third-order valence-electron chi connectivity index (χ3n) is 1.78. The van der Waals surface area contributed by atoms with Crippen molar-refractivity contribution >= 4 is 23.2 Å². The van der Waals surface area contributed by atoms with Crippen LogP contribution in [0.15, 0.2) is 23.3 Å². The average Bonchev–Trinajstić information content (AvgIpc) is 1.98. The minimum absolute atomic E-state index is 0.102. The van der Waals surface area contributed by atoms with Gasteiger partial charge in [-0.15, -0.1) is 11.6 Å². The van der Waals surface area contributed by atoms with Crippen LogP contribution in [0.2, 0.25) is 0 Å². The maximum absolute atomic E-state index is 12.4. The highest BCUT2D eigenvalue weighted by Gasteiger charge is 2.57. The van der Waals surface area contributed by atoms with Crippen LogP contribution in [-0.4, -0.2) is 17.1 Å². The van der Waals surface area contributed by atoms with Gasteiger partial charge in [-0.3, -0.25) is 0 Å². The largest absolute Gasteiger partial charge is 0.413 e. The zero-order valence-corrected chi connectivity index (χ0v) is 7.79. The summed E-state index contributed by atoms with van der Waals surface area (Å²) in [6, 6.07) is -1.44. The van der Waals surface area contributed by atoms with Gasteiger partial charge >= 0.3 is 6.18 Å². The average molecular weight is 232 g/mol. The predicted octanol–water partition coefficient (Wildman–Crippen LogP) is 2.55. The molecule has 1 aliphatic rings. The number of nitrogens with two attached hydrogens (primary N) is 1. The van der Waals surface area contributed by atoms with E-state index in [1.807, 2.05) is 0 Å².